The fourth-order valence-electron chi connectivity index (χ4n) is 3.95. The summed E-state index contributed by atoms with van der Waals surface area (Å²) in [4.78, 5) is 16.4. The molecule has 2 aliphatic heterocycles. The van der Waals surface area contributed by atoms with Crippen molar-refractivity contribution in [3.05, 3.63) is 35.4 Å². The fraction of sp³-hybridized carbons (Fsp3) is 0.632. The predicted octanol–water partition coefficient (Wildman–Crippen LogP) is 1.03. The highest BCUT2D eigenvalue weighted by Gasteiger charge is 2.36. The molecule has 0 spiro atoms. The minimum atomic E-state index is -0.709. The van der Waals surface area contributed by atoms with Gasteiger partial charge in [-0.1, -0.05) is 6.07 Å². The first-order valence-electron chi connectivity index (χ1n) is 9.20. The number of carbonyl (C=O) groups excluding carboxylic acids is 1. The van der Waals surface area contributed by atoms with Crippen molar-refractivity contribution in [2.75, 3.05) is 39.3 Å². The summed E-state index contributed by atoms with van der Waals surface area (Å²) >= 11 is 0. The summed E-state index contributed by atoms with van der Waals surface area (Å²) in [5.74, 6) is -1.63. The topological polar surface area (TPSA) is 64.0 Å². The van der Waals surface area contributed by atoms with E-state index >= 15 is 0 Å². The summed E-state index contributed by atoms with van der Waals surface area (Å²) in [5.41, 5.74) is -0.202. The van der Waals surface area contributed by atoms with Crippen molar-refractivity contribution in [1.82, 2.24) is 9.80 Å². The Labute approximate surface area is 152 Å². The van der Waals surface area contributed by atoms with Crippen molar-refractivity contribution in [1.29, 1.82) is 0 Å². The number of carbonyl (C=O) groups is 1. The van der Waals surface area contributed by atoms with Gasteiger partial charge in [-0.05, 0) is 30.9 Å². The van der Waals surface area contributed by atoms with Crippen molar-refractivity contribution in [2.24, 2.45) is 11.8 Å². The van der Waals surface area contributed by atoms with Gasteiger partial charge in [-0.2, -0.15) is 0 Å². The normalized spacial score (nSPS) is 25.0. The highest BCUT2D eigenvalue weighted by Crippen LogP contribution is 2.26. The van der Waals surface area contributed by atoms with Crippen LogP contribution in [0, 0.1) is 23.5 Å². The number of rotatable bonds is 5. The molecular weight excluding hydrogens is 342 g/mol. The molecule has 2 atom stereocenters. The number of aliphatic hydroxyl groups is 2. The molecule has 3 rings (SSSR count). The van der Waals surface area contributed by atoms with Crippen LogP contribution in [0.5, 0.6) is 0 Å². The van der Waals surface area contributed by atoms with Gasteiger partial charge in [-0.3, -0.25) is 4.79 Å². The van der Waals surface area contributed by atoms with Crippen LogP contribution < -0.4 is 0 Å². The lowest BCUT2D eigenvalue weighted by molar-refractivity contribution is -0.129. The Hall–Kier alpha value is -1.57. The number of benzene rings is 1. The number of hydrogen-bond donors (Lipinski definition) is 2. The molecule has 1 amide bonds. The molecule has 0 saturated carbocycles. The molecule has 144 valence electrons. The number of likely N-dealkylation sites (tertiary alicyclic amines) is 2. The zero-order valence-electron chi connectivity index (χ0n) is 14.8. The molecule has 2 aliphatic rings. The van der Waals surface area contributed by atoms with Crippen LogP contribution in [0.25, 0.3) is 0 Å². The molecule has 2 heterocycles. The van der Waals surface area contributed by atoms with Crippen LogP contribution in [-0.4, -0.2) is 71.4 Å². The molecule has 1 aromatic rings. The minimum Gasteiger partial charge on any atom is -0.396 e. The number of amides is 1. The van der Waals surface area contributed by atoms with E-state index in [1.165, 1.54) is 6.07 Å². The van der Waals surface area contributed by atoms with E-state index in [-0.39, 0.29) is 42.4 Å². The number of piperidine rings is 1. The van der Waals surface area contributed by atoms with Crippen molar-refractivity contribution in [3.8, 4) is 0 Å². The van der Waals surface area contributed by atoms with Crippen LogP contribution in [0.15, 0.2) is 18.2 Å². The van der Waals surface area contributed by atoms with Gasteiger partial charge in [-0.15, -0.1) is 0 Å². The molecule has 2 fully saturated rings. The van der Waals surface area contributed by atoms with E-state index in [9.17, 15) is 23.8 Å². The van der Waals surface area contributed by atoms with E-state index in [0.29, 0.717) is 13.1 Å². The van der Waals surface area contributed by atoms with Gasteiger partial charge in [0.05, 0.1) is 12.5 Å². The summed E-state index contributed by atoms with van der Waals surface area (Å²) < 4.78 is 27.6. The molecule has 1 aromatic carbocycles. The van der Waals surface area contributed by atoms with Crippen LogP contribution in [0.2, 0.25) is 0 Å². The van der Waals surface area contributed by atoms with Crippen molar-refractivity contribution in [2.45, 2.75) is 25.4 Å². The maximum atomic E-state index is 13.8. The maximum absolute atomic E-state index is 13.8. The molecule has 0 radical (unpaired) electrons. The number of halogens is 2. The van der Waals surface area contributed by atoms with Gasteiger partial charge in [0.15, 0.2) is 0 Å². The lowest BCUT2D eigenvalue weighted by Crippen LogP contribution is -2.41. The van der Waals surface area contributed by atoms with Crippen LogP contribution >= 0.6 is 0 Å². The molecule has 0 aromatic heterocycles. The molecule has 0 aliphatic carbocycles. The van der Waals surface area contributed by atoms with Gasteiger partial charge in [-0.25, -0.2) is 8.78 Å². The summed E-state index contributed by atoms with van der Waals surface area (Å²) in [6.45, 7) is 3.26. The lowest BCUT2D eigenvalue weighted by atomic mass is 9.95. The molecule has 2 saturated heterocycles. The fourth-order valence-corrected chi connectivity index (χ4v) is 3.95. The second kappa shape index (κ2) is 8.41. The standard InChI is InChI=1S/C19H26F2N2O3/c20-17-2-1-3-18(21)16(17)8-19(26)23-10-13(14(11-23)12-24)9-22-6-4-15(25)5-7-22/h1-3,13-15,24-25H,4-12H2/t13-,14-/m1/s1. The summed E-state index contributed by atoms with van der Waals surface area (Å²) in [7, 11) is 0. The molecule has 0 bridgehead atoms. The van der Waals surface area contributed by atoms with Gasteiger partial charge in [0, 0.05) is 50.8 Å². The zero-order valence-corrected chi connectivity index (χ0v) is 14.8. The van der Waals surface area contributed by atoms with Crippen LogP contribution in [0.1, 0.15) is 18.4 Å². The number of aliphatic hydroxyl groups excluding tert-OH is 2. The van der Waals surface area contributed by atoms with Gasteiger partial charge in [0.1, 0.15) is 11.6 Å². The Bertz CT molecular complexity index is 615. The van der Waals surface area contributed by atoms with Gasteiger partial charge in [0.25, 0.3) is 0 Å². The summed E-state index contributed by atoms with van der Waals surface area (Å²) in [5, 5.41) is 19.3. The maximum Gasteiger partial charge on any atom is 0.227 e. The summed E-state index contributed by atoms with van der Waals surface area (Å²) in [6, 6.07) is 3.58. The Morgan fingerprint density at radius 2 is 1.73 bits per heavy atom. The van der Waals surface area contributed by atoms with E-state index < -0.39 is 11.6 Å². The monoisotopic (exact) mass is 368 g/mol. The van der Waals surface area contributed by atoms with Crippen LogP contribution in [0.3, 0.4) is 0 Å². The van der Waals surface area contributed by atoms with Gasteiger partial charge in [0.2, 0.25) is 5.91 Å². The Morgan fingerprint density at radius 3 is 2.35 bits per heavy atom. The van der Waals surface area contributed by atoms with Gasteiger partial charge >= 0.3 is 0 Å². The average molecular weight is 368 g/mol. The first-order chi connectivity index (χ1) is 12.5. The predicted molar refractivity (Wildman–Crippen MR) is 92.4 cm³/mol. The third-order valence-corrected chi connectivity index (χ3v) is 5.60. The van der Waals surface area contributed by atoms with E-state index in [4.69, 9.17) is 0 Å². The Balaban J connectivity index is 1.60. The highest BCUT2D eigenvalue weighted by molar-refractivity contribution is 5.79. The molecule has 5 nitrogen and oxygen atoms in total. The highest BCUT2D eigenvalue weighted by atomic mass is 19.1. The number of nitrogens with zero attached hydrogens (tertiary/aromatic N) is 2. The van der Waals surface area contributed by atoms with E-state index in [0.717, 1.165) is 44.6 Å². The first-order valence-corrected chi connectivity index (χ1v) is 9.20. The van der Waals surface area contributed by atoms with Gasteiger partial charge < -0.3 is 20.0 Å². The SMILES string of the molecule is O=C(Cc1c(F)cccc1F)N1C[C@@H](CN2CCC(O)CC2)[C@@H](CO)C1. The third-order valence-electron chi connectivity index (χ3n) is 5.60. The second-order valence-electron chi connectivity index (χ2n) is 7.41. The molecule has 7 heteroatoms. The minimum absolute atomic E-state index is 0.0149. The molecule has 2 N–H and O–H groups in total. The lowest BCUT2D eigenvalue weighted by Gasteiger charge is -2.32. The molecule has 0 unspecified atom stereocenters. The Morgan fingerprint density at radius 1 is 1.12 bits per heavy atom. The van der Waals surface area contributed by atoms with Crippen LogP contribution in [0.4, 0.5) is 8.78 Å². The smallest absolute Gasteiger partial charge is 0.227 e. The van der Waals surface area contributed by atoms with E-state index in [1.807, 2.05) is 0 Å². The van der Waals surface area contributed by atoms with Crippen molar-refractivity contribution < 1.29 is 23.8 Å². The van der Waals surface area contributed by atoms with E-state index in [2.05, 4.69) is 4.90 Å². The Kier molecular flexibility index (Phi) is 6.21. The second-order valence-corrected chi connectivity index (χ2v) is 7.41. The third kappa shape index (κ3) is 4.39. The zero-order chi connectivity index (χ0) is 18.7. The number of hydrogen-bond acceptors (Lipinski definition) is 4. The quantitative estimate of drug-likeness (QED) is 0.815. The van der Waals surface area contributed by atoms with Crippen molar-refractivity contribution >= 4 is 5.91 Å². The average Bonchev–Trinajstić information content (AvgIpc) is 3.03. The van der Waals surface area contributed by atoms with Crippen LogP contribution in [-0.2, 0) is 11.2 Å². The largest absolute Gasteiger partial charge is 0.396 e. The molecule has 26 heavy (non-hydrogen) atoms. The summed E-state index contributed by atoms with van der Waals surface area (Å²) in [6.07, 6.45) is 0.939. The first kappa shape index (κ1) is 19.2. The van der Waals surface area contributed by atoms with Crippen molar-refractivity contribution in [3.63, 3.8) is 0 Å². The molecular formula is C19H26F2N2O3. The van der Waals surface area contributed by atoms with E-state index in [1.54, 1.807) is 4.90 Å².